The fraction of sp³-hybridized carbons (Fsp3) is 0.533. The molecule has 1 rings (SSSR count). The second-order valence-corrected chi connectivity index (χ2v) is 5.63. The molecule has 1 amide bonds. The molecule has 0 saturated carbocycles. The van der Waals surface area contributed by atoms with Gasteiger partial charge < -0.3 is 10.1 Å². The Morgan fingerprint density at radius 3 is 2.55 bits per heavy atom. The van der Waals surface area contributed by atoms with Crippen LogP contribution < -0.4 is 5.32 Å². The third-order valence-electron chi connectivity index (χ3n) is 2.49. The maximum atomic E-state index is 11.8. The van der Waals surface area contributed by atoms with Crippen LogP contribution in [0.25, 0.3) is 0 Å². The molecule has 1 aromatic heterocycles. The van der Waals surface area contributed by atoms with Gasteiger partial charge in [-0.2, -0.15) is 0 Å². The summed E-state index contributed by atoms with van der Waals surface area (Å²) in [6.45, 7) is 7.25. The van der Waals surface area contributed by atoms with E-state index in [0.29, 0.717) is 0 Å². The van der Waals surface area contributed by atoms with Crippen LogP contribution in [0.3, 0.4) is 0 Å². The molecule has 1 unspecified atom stereocenters. The lowest BCUT2D eigenvalue weighted by atomic mass is 10.2. The first-order chi connectivity index (χ1) is 9.28. The van der Waals surface area contributed by atoms with Crippen molar-refractivity contribution in [3.05, 3.63) is 30.1 Å². The lowest BCUT2D eigenvalue weighted by Crippen LogP contribution is -2.29. The van der Waals surface area contributed by atoms with Crippen LogP contribution in [-0.2, 0) is 14.3 Å². The van der Waals surface area contributed by atoms with Gasteiger partial charge in [0.2, 0.25) is 5.91 Å². The Balaban J connectivity index is 2.36. The van der Waals surface area contributed by atoms with Crippen LogP contribution in [0.15, 0.2) is 24.4 Å². The first-order valence-electron chi connectivity index (χ1n) is 6.70. The van der Waals surface area contributed by atoms with Crippen molar-refractivity contribution >= 4 is 11.9 Å². The van der Waals surface area contributed by atoms with Gasteiger partial charge in [-0.05, 0) is 39.8 Å². The van der Waals surface area contributed by atoms with E-state index in [1.54, 1.807) is 27.0 Å². The second-order valence-electron chi connectivity index (χ2n) is 5.63. The maximum absolute atomic E-state index is 11.8. The number of rotatable bonds is 5. The van der Waals surface area contributed by atoms with Crippen molar-refractivity contribution in [3.63, 3.8) is 0 Å². The molecule has 20 heavy (non-hydrogen) atoms. The van der Waals surface area contributed by atoms with Crippen LogP contribution in [0.5, 0.6) is 0 Å². The van der Waals surface area contributed by atoms with Crippen molar-refractivity contribution in [2.24, 2.45) is 0 Å². The third kappa shape index (κ3) is 6.31. The van der Waals surface area contributed by atoms with Gasteiger partial charge in [0.05, 0.1) is 18.2 Å². The number of esters is 1. The number of carbonyl (C=O) groups excluding carboxylic acids is 2. The SMILES string of the molecule is CC(NC(=O)CCC(=O)OC(C)(C)C)c1ccccn1. The molecule has 1 heterocycles. The zero-order chi connectivity index (χ0) is 15.2. The highest BCUT2D eigenvalue weighted by Gasteiger charge is 2.17. The van der Waals surface area contributed by atoms with E-state index in [-0.39, 0.29) is 30.8 Å². The summed E-state index contributed by atoms with van der Waals surface area (Å²) in [5.74, 6) is -0.549. The highest BCUT2D eigenvalue weighted by atomic mass is 16.6. The molecule has 110 valence electrons. The van der Waals surface area contributed by atoms with E-state index in [4.69, 9.17) is 4.74 Å². The monoisotopic (exact) mass is 278 g/mol. The van der Waals surface area contributed by atoms with Gasteiger partial charge in [0, 0.05) is 12.6 Å². The molecule has 0 saturated heterocycles. The predicted molar refractivity (Wildman–Crippen MR) is 75.9 cm³/mol. The molecule has 0 spiro atoms. The van der Waals surface area contributed by atoms with Gasteiger partial charge >= 0.3 is 5.97 Å². The van der Waals surface area contributed by atoms with E-state index < -0.39 is 5.60 Å². The van der Waals surface area contributed by atoms with Crippen molar-refractivity contribution in [1.29, 1.82) is 0 Å². The minimum atomic E-state index is -0.519. The number of ether oxygens (including phenoxy) is 1. The smallest absolute Gasteiger partial charge is 0.306 e. The molecular weight excluding hydrogens is 256 g/mol. The Hall–Kier alpha value is -1.91. The number of carbonyl (C=O) groups is 2. The van der Waals surface area contributed by atoms with Crippen molar-refractivity contribution in [3.8, 4) is 0 Å². The van der Waals surface area contributed by atoms with Crippen LogP contribution in [0.4, 0.5) is 0 Å². The highest BCUT2D eigenvalue weighted by Crippen LogP contribution is 2.11. The molecule has 1 aromatic rings. The van der Waals surface area contributed by atoms with Crippen LogP contribution in [0.1, 0.15) is 52.3 Å². The second kappa shape index (κ2) is 7.03. The number of hydrogen-bond acceptors (Lipinski definition) is 4. The van der Waals surface area contributed by atoms with Gasteiger partial charge in [-0.25, -0.2) is 0 Å². The van der Waals surface area contributed by atoms with Crippen molar-refractivity contribution in [1.82, 2.24) is 10.3 Å². The summed E-state index contributed by atoms with van der Waals surface area (Å²) >= 11 is 0. The number of hydrogen-bond donors (Lipinski definition) is 1. The van der Waals surface area contributed by atoms with Gasteiger partial charge in [0.1, 0.15) is 5.60 Å². The first-order valence-corrected chi connectivity index (χ1v) is 6.70. The van der Waals surface area contributed by atoms with Crippen LogP contribution >= 0.6 is 0 Å². The Labute approximate surface area is 119 Å². The van der Waals surface area contributed by atoms with Gasteiger partial charge in [-0.3, -0.25) is 14.6 Å². The molecule has 0 bridgehead atoms. The van der Waals surface area contributed by atoms with E-state index >= 15 is 0 Å². The van der Waals surface area contributed by atoms with Crippen molar-refractivity contribution in [2.45, 2.75) is 52.2 Å². The van der Waals surface area contributed by atoms with Gasteiger partial charge in [0.25, 0.3) is 0 Å². The molecule has 0 radical (unpaired) electrons. The highest BCUT2D eigenvalue weighted by molar-refractivity contribution is 5.81. The topological polar surface area (TPSA) is 68.3 Å². The number of amides is 1. The van der Waals surface area contributed by atoms with Crippen molar-refractivity contribution < 1.29 is 14.3 Å². The summed E-state index contributed by atoms with van der Waals surface area (Å²) in [6.07, 6.45) is 1.88. The van der Waals surface area contributed by atoms with E-state index in [1.165, 1.54) is 0 Å². The summed E-state index contributed by atoms with van der Waals surface area (Å²) in [4.78, 5) is 27.4. The fourth-order valence-corrected chi connectivity index (χ4v) is 1.63. The summed E-state index contributed by atoms with van der Waals surface area (Å²) in [7, 11) is 0. The van der Waals surface area contributed by atoms with Gasteiger partial charge in [-0.15, -0.1) is 0 Å². The van der Waals surface area contributed by atoms with E-state index in [0.717, 1.165) is 5.69 Å². The number of nitrogens with zero attached hydrogens (tertiary/aromatic N) is 1. The van der Waals surface area contributed by atoms with E-state index in [1.807, 2.05) is 25.1 Å². The summed E-state index contributed by atoms with van der Waals surface area (Å²) in [5.41, 5.74) is 0.271. The maximum Gasteiger partial charge on any atom is 0.306 e. The number of pyridine rings is 1. The predicted octanol–water partition coefficient (Wildman–Crippen LogP) is 2.38. The van der Waals surface area contributed by atoms with Crippen molar-refractivity contribution in [2.75, 3.05) is 0 Å². The summed E-state index contributed by atoms with van der Waals surface area (Å²) in [5, 5.41) is 2.81. The Morgan fingerprint density at radius 2 is 2.00 bits per heavy atom. The number of nitrogens with one attached hydrogen (secondary N) is 1. The van der Waals surface area contributed by atoms with Gasteiger partial charge in [0.15, 0.2) is 0 Å². The average Bonchev–Trinajstić information content (AvgIpc) is 2.35. The standard InChI is InChI=1S/C15H22N2O3/c1-11(12-7-5-6-10-16-12)17-13(18)8-9-14(19)20-15(2,3)4/h5-7,10-11H,8-9H2,1-4H3,(H,17,18). The molecule has 0 aliphatic carbocycles. The molecule has 0 fully saturated rings. The van der Waals surface area contributed by atoms with Crippen LogP contribution in [-0.4, -0.2) is 22.5 Å². The minimum Gasteiger partial charge on any atom is -0.460 e. The molecule has 1 atom stereocenters. The minimum absolute atomic E-state index is 0.0814. The largest absolute Gasteiger partial charge is 0.460 e. The number of aromatic nitrogens is 1. The van der Waals surface area contributed by atoms with Crippen LogP contribution in [0.2, 0.25) is 0 Å². The van der Waals surface area contributed by atoms with E-state index in [2.05, 4.69) is 10.3 Å². The Morgan fingerprint density at radius 1 is 1.30 bits per heavy atom. The molecule has 5 heteroatoms. The lowest BCUT2D eigenvalue weighted by Gasteiger charge is -2.19. The molecule has 1 N–H and O–H groups in total. The lowest BCUT2D eigenvalue weighted by molar-refractivity contribution is -0.155. The van der Waals surface area contributed by atoms with Crippen LogP contribution in [0, 0.1) is 0 Å². The molecule has 0 aromatic carbocycles. The molecule has 0 aliphatic heterocycles. The zero-order valence-electron chi connectivity index (χ0n) is 12.5. The third-order valence-corrected chi connectivity index (χ3v) is 2.49. The normalized spacial score (nSPS) is 12.6. The first kappa shape index (κ1) is 16.1. The molecule has 0 aliphatic rings. The average molecular weight is 278 g/mol. The van der Waals surface area contributed by atoms with E-state index in [9.17, 15) is 9.59 Å². The quantitative estimate of drug-likeness (QED) is 0.840. The zero-order valence-corrected chi connectivity index (χ0v) is 12.5. The summed E-state index contributed by atoms with van der Waals surface area (Å²) < 4.78 is 5.15. The summed E-state index contributed by atoms with van der Waals surface area (Å²) in [6, 6.07) is 5.35. The Bertz CT molecular complexity index is 452. The fourth-order valence-electron chi connectivity index (χ4n) is 1.63. The molecule has 5 nitrogen and oxygen atoms in total. The van der Waals surface area contributed by atoms with Gasteiger partial charge in [-0.1, -0.05) is 6.07 Å². The Kier molecular flexibility index (Phi) is 5.67. The molecular formula is C15H22N2O3.